The van der Waals surface area contributed by atoms with Crippen molar-refractivity contribution in [2.24, 2.45) is 0 Å². The predicted molar refractivity (Wildman–Crippen MR) is 81.6 cm³/mol. The highest BCUT2D eigenvalue weighted by Crippen LogP contribution is 2.24. The molecule has 0 amide bonds. The topological polar surface area (TPSA) is 83.7 Å². The molecular weight excluding hydrogens is 292 g/mol. The van der Waals surface area contributed by atoms with Crippen molar-refractivity contribution in [3.8, 4) is 0 Å². The van der Waals surface area contributed by atoms with Gasteiger partial charge in [-0.1, -0.05) is 12.1 Å². The Morgan fingerprint density at radius 3 is 2.86 bits per heavy atom. The monoisotopic (exact) mass is 312 g/mol. The Bertz CT molecular complexity index is 562. The maximum absolute atomic E-state index is 11.9. The number of nitro groups is 1. The number of non-ortho nitro benzene ring substituents is 1. The molecule has 0 radical (unpaired) electrons. The normalized spacial score (nSPS) is 23.7. The molecule has 21 heavy (non-hydrogen) atoms. The Hall–Kier alpha value is -1.31. The van der Waals surface area contributed by atoms with Gasteiger partial charge in [-0.05, 0) is 19.4 Å². The highest BCUT2D eigenvalue weighted by atomic mass is 32.2. The summed E-state index contributed by atoms with van der Waals surface area (Å²) in [7, 11) is -0.853. The first-order valence-electron chi connectivity index (χ1n) is 6.83. The van der Waals surface area contributed by atoms with Gasteiger partial charge in [-0.2, -0.15) is 0 Å². The highest BCUT2D eigenvalue weighted by Gasteiger charge is 2.33. The van der Waals surface area contributed by atoms with Crippen molar-refractivity contribution in [3.05, 3.63) is 39.9 Å². The quantitative estimate of drug-likeness (QED) is 0.672. The molecule has 1 saturated heterocycles. The average molecular weight is 312 g/mol. The standard InChI is InChI=1S/C14H20N2O4S/c1-14(2)10-15(6-7-21(14)20)9-13(17)11-4-3-5-12(8-11)16(18)19/h3-5,8,13,17H,6-7,9-10H2,1-2H3. The molecule has 0 bridgehead atoms. The van der Waals surface area contributed by atoms with Gasteiger partial charge in [0, 0.05) is 48.3 Å². The molecule has 1 aromatic rings. The molecule has 2 rings (SSSR count). The van der Waals surface area contributed by atoms with Crippen molar-refractivity contribution in [2.45, 2.75) is 24.7 Å². The second kappa shape index (κ2) is 6.21. The van der Waals surface area contributed by atoms with E-state index in [0.717, 1.165) is 0 Å². The van der Waals surface area contributed by atoms with E-state index in [-0.39, 0.29) is 10.4 Å². The van der Waals surface area contributed by atoms with Crippen LogP contribution in [0.1, 0.15) is 25.5 Å². The van der Waals surface area contributed by atoms with Gasteiger partial charge in [0.2, 0.25) is 0 Å². The van der Waals surface area contributed by atoms with E-state index in [1.807, 2.05) is 13.8 Å². The van der Waals surface area contributed by atoms with Crippen LogP contribution in [0.2, 0.25) is 0 Å². The Morgan fingerprint density at radius 2 is 2.24 bits per heavy atom. The van der Waals surface area contributed by atoms with Gasteiger partial charge in [-0.3, -0.25) is 19.2 Å². The fraction of sp³-hybridized carbons (Fsp3) is 0.571. The van der Waals surface area contributed by atoms with E-state index in [4.69, 9.17) is 0 Å². The third kappa shape index (κ3) is 3.87. The van der Waals surface area contributed by atoms with E-state index in [2.05, 4.69) is 4.90 Å². The molecule has 2 atom stereocenters. The molecule has 0 aliphatic carbocycles. The number of benzene rings is 1. The lowest BCUT2D eigenvalue weighted by atomic mass is 10.1. The van der Waals surface area contributed by atoms with Crippen LogP contribution >= 0.6 is 0 Å². The van der Waals surface area contributed by atoms with Crippen molar-refractivity contribution < 1.29 is 14.2 Å². The van der Waals surface area contributed by atoms with Crippen LogP contribution in [0.25, 0.3) is 0 Å². The molecule has 7 heteroatoms. The Kier molecular flexibility index (Phi) is 4.75. The second-order valence-corrected chi connectivity index (χ2v) is 8.12. The summed E-state index contributed by atoms with van der Waals surface area (Å²) >= 11 is 0. The van der Waals surface area contributed by atoms with Gasteiger partial charge in [0.05, 0.1) is 15.8 Å². The summed E-state index contributed by atoms with van der Waals surface area (Å²) in [5.74, 6) is 0.592. The van der Waals surface area contributed by atoms with Crippen molar-refractivity contribution in [1.29, 1.82) is 0 Å². The van der Waals surface area contributed by atoms with E-state index in [9.17, 15) is 19.4 Å². The summed E-state index contributed by atoms with van der Waals surface area (Å²) in [5.41, 5.74) is 0.514. The molecule has 2 unspecified atom stereocenters. The SMILES string of the molecule is CC1(C)CN(CC(O)c2cccc([N+](=O)[O-])c2)CCS1=O. The van der Waals surface area contributed by atoms with Gasteiger partial charge < -0.3 is 5.11 Å². The molecule has 116 valence electrons. The minimum Gasteiger partial charge on any atom is -0.387 e. The molecule has 1 N–H and O–H groups in total. The van der Waals surface area contributed by atoms with Crippen LogP contribution in [0.3, 0.4) is 0 Å². The number of aliphatic hydroxyl groups is 1. The first-order valence-corrected chi connectivity index (χ1v) is 8.15. The minimum atomic E-state index is -0.853. The summed E-state index contributed by atoms with van der Waals surface area (Å²) in [6.45, 7) is 5.61. The lowest BCUT2D eigenvalue weighted by Crippen LogP contribution is -2.50. The number of rotatable bonds is 4. The average Bonchev–Trinajstić information content (AvgIpc) is 2.42. The van der Waals surface area contributed by atoms with E-state index in [1.165, 1.54) is 12.1 Å². The second-order valence-electron chi connectivity index (χ2n) is 5.91. The Labute approximate surface area is 126 Å². The molecule has 1 aliphatic heterocycles. The molecule has 0 aromatic heterocycles. The number of hydrogen-bond acceptors (Lipinski definition) is 5. The molecule has 1 aromatic carbocycles. The van der Waals surface area contributed by atoms with Crippen molar-refractivity contribution in [2.75, 3.05) is 25.4 Å². The summed E-state index contributed by atoms with van der Waals surface area (Å²) in [6, 6.07) is 6.07. The van der Waals surface area contributed by atoms with E-state index >= 15 is 0 Å². The first kappa shape index (κ1) is 16.1. The summed E-state index contributed by atoms with van der Waals surface area (Å²) < 4.78 is 11.6. The fourth-order valence-corrected chi connectivity index (χ4v) is 3.83. The van der Waals surface area contributed by atoms with Crippen LogP contribution in [0.15, 0.2) is 24.3 Å². The number of aliphatic hydroxyl groups excluding tert-OH is 1. The number of nitro benzene ring substituents is 1. The summed E-state index contributed by atoms with van der Waals surface area (Å²) in [4.78, 5) is 12.4. The van der Waals surface area contributed by atoms with Gasteiger partial charge in [0.1, 0.15) is 0 Å². The molecule has 6 nitrogen and oxygen atoms in total. The minimum absolute atomic E-state index is 0.0216. The van der Waals surface area contributed by atoms with Crippen LogP contribution in [-0.4, -0.2) is 49.3 Å². The molecular formula is C14H20N2O4S. The van der Waals surface area contributed by atoms with Gasteiger partial charge >= 0.3 is 0 Å². The first-order chi connectivity index (χ1) is 9.79. The van der Waals surface area contributed by atoms with Crippen LogP contribution in [0.5, 0.6) is 0 Å². The fourth-order valence-electron chi connectivity index (χ4n) is 2.53. The molecule has 0 saturated carbocycles. The van der Waals surface area contributed by atoms with E-state index < -0.39 is 21.8 Å². The van der Waals surface area contributed by atoms with E-state index in [1.54, 1.807) is 12.1 Å². The third-order valence-corrected chi connectivity index (χ3v) is 5.63. The smallest absolute Gasteiger partial charge is 0.269 e. The zero-order valence-electron chi connectivity index (χ0n) is 12.2. The van der Waals surface area contributed by atoms with Crippen molar-refractivity contribution >= 4 is 16.5 Å². The van der Waals surface area contributed by atoms with Gasteiger partial charge in [-0.25, -0.2) is 0 Å². The number of nitrogens with zero attached hydrogens (tertiary/aromatic N) is 2. The van der Waals surface area contributed by atoms with Crippen molar-refractivity contribution in [3.63, 3.8) is 0 Å². The third-order valence-electron chi connectivity index (χ3n) is 3.71. The predicted octanol–water partition coefficient (Wildman–Crippen LogP) is 1.47. The van der Waals surface area contributed by atoms with Crippen LogP contribution in [-0.2, 0) is 10.8 Å². The number of hydrogen-bond donors (Lipinski definition) is 1. The largest absolute Gasteiger partial charge is 0.387 e. The molecule has 0 spiro atoms. The van der Waals surface area contributed by atoms with Crippen LogP contribution in [0.4, 0.5) is 5.69 Å². The number of β-amino-alcohol motifs (C(OH)–C–C–N with tert-alkyl or cyclic N) is 1. The van der Waals surface area contributed by atoms with Gasteiger partial charge in [-0.15, -0.1) is 0 Å². The lowest BCUT2D eigenvalue weighted by molar-refractivity contribution is -0.385. The lowest BCUT2D eigenvalue weighted by Gasteiger charge is -2.38. The van der Waals surface area contributed by atoms with Crippen LogP contribution < -0.4 is 0 Å². The van der Waals surface area contributed by atoms with Crippen LogP contribution in [0, 0.1) is 10.1 Å². The molecule has 1 aliphatic rings. The summed E-state index contributed by atoms with van der Waals surface area (Å²) in [5, 5.41) is 21.0. The highest BCUT2D eigenvalue weighted by molar-refractivity contribution is 7.86. The maximum atomic E-state index is 11.9. The summed E-state index contributed by atoms with van der Waals surface area (Å²) in [6.07, 6.45) is -0.785. The molecule has 1 heterocycles. The molecule has 1 fully saturated rings. The van der Waals surface area contributed by atoms with Gasteiger partial charge in [0.25, 0.3) is 5.69 Å². The Balaban J connectivity index is 2.05. The zero-order valence-corrected chi connectivity index (χ0v) is 13.0. The maximum Gasteiger partial charge on any atom is 0.269 e. The van der Waals surface area contributed by atoms with E-state index in [0.29, 0.717) is 31.0 Å². The Morgan fingerprint density at radius 1 is 1.52 bits per heavy atom. The van der Waals surface area contributed by atoms with Crippen molar-refractivity contribution in [1.82, 2.24) is 4.90 Å². The van der Waals surface area contributed by atoms with Gasteiger partial charge in [0.15, 0.2) is 0 Å². The zero-order chi connectivity index (χ0) is 15.6.